The van der Waals surface area contributed by atoms with Gasteiger partial charge in [0.05, 0.1) is 28.5 Å². The topological polar surface area (TPSA) is 98.2 Å². The van der Waals surface area contributed by atoms with Crippen LogP contribution in [-0.4, -0.2) is 91.8 Å². The maximum absolute atomic E-state index is 13.5. The number of aromatic amines is 1. The minimum absolute atomic E-state index is 0.0232. The van der Waals surface area contributed by atoms with E-state index >= 15 is 0 Å². The molecule has 3 aromatic rings. The first-order valence-electron chi connectivity index (χ1n) is 15.1. The summed E-state index contributed by atoms with van der Waals surface area (Å²) in [5.41, 5.74) is 1.57. The summed E-state index contributed by atoms with van der Waals surface area (Å²) in [7, 11) is 2.03. The number of aromatic nitrogens is 5. The van der Waals surface area contributed by atoms with Crippen LogP contribution in [0.15, 0.2) is 18.5 Å². The van der Waals surface area contributed by atoms with E-state index < -0.39 is 12.7 Å². The molecule has 4 fully saturated rings. The van der Waals surface area contributed by atoms with E-state index in [0.717, 1.165) is 43.3 Å². The second kappa shape index (κ2) is 11.4. The van der Waals surface area contributed by atoms with Crippen LogP contribution in [0.3, 0.4) is 0 Å². The summed E-state index contributed by atoms with van der Waals surface area (Å²) in [4.78, 5) is 23.9. The molecule has 1 atom stereocenters. The van der Waals surface area contributed by atoms with Crippen molar-refractivity contribution in [1.29, 1.82) is 0 Å². The number of likely N-dealkylation sites (tertiary alicyclic amines) is 1. The lowest BCUT2D eigenvalue weighted by molar-refractivity contribution is -0.141. The molecule has 13 heteroatoms. The Balaban J connectivity index is 0.000000729. The fraction of sp³-hybridized carbons (Fsp3) is 0.655. The van der Waals surface area contributed by atoms with Gasteiger partial charge in [-0.05, 0) is 52.1 Å². The SMILES string of the molecule is C1CCC1.CC1CN(c2nn(CC(F)(F)F)c3cc(-c4[nH]ncc4NC(=O)N4CCCCC45CC5)ncc23)CCN1C. The van der Waals surface area contributed by atoms with Crippen molar-refractivity contribution in [2.24, 2.45) is 0 Å². The van der Waals surface area contributed by atoms with Crippen LogP contribution in [0, 0.1) is 0 Å². The molecule has 10 nitrogen and oxygen atoms in total. The lowest BCUT2D eigenvalue weighted by atomic mass is 10.0. The van der Waals surface area contributed by atoms with Crippen molar-refractivity contribution in [3.63, 3.8) is 0 Å². The van der Waals surface area contributed by atoms with Gasteiger partial charge in [0.15, 0.2) is 5.82 Å². The summed E-state index contributed by atoms with van der Waals surface area (Å²) in [6, 6.07) is 1.65. The first-order valence-corrected chi connectivity index (χ1v) is 15.1. The number of pyridine rings is 1. The van der Waals surface area contributed by atoms with Crippen LogP contribution in [0.25, 0.3) is 22.3 Å². The number of alkyl halides is 3. The van der Waals surface area contributed by atoms with E-state index in [1.807, 2.05) is 16.8 Å². The smallest absolute Gasteiger partial charge is 0.352 e. The van der Waals surface area contributed by atoms with Gasteiger partial charge in [0.2, 0.25) is 0 Å². The van der Waals surface area contributed by atoms with Gasteiger partial charge in [-0.15, -0.1) is 0 Å². The summed E-state index contributed by atoms with van der Waals surface area (Å²) < 4.78 is 41.5. The van der Waals surface area contributed by atoms with Crippen molar-refractivity contribution in [1.82, 2.24) is 34.8 Å². The molecule has 7 rings (SSSR count). The summed E-state index contributed by atoms with van der Waals surface area (Å²) in [5, 5.41) is 14.9. The highest BCUT2D eigenvalue weighted by Crippen LogP contribution is 2.48. The molecule has 42 heavy (non-hydrogen) atoms. The predicted molar refractivity (Wildman–Crippen MR) is 155 cm³/mol. The fourth-order valence-electron chi connectivity index (χ4n) is 6.04. The highest BCUT2D eigenvalue weighted by atomic mass is 19.4. The third-order valence-electron chi connectivity index (χ3n) is 9.26. The van der Waals surface area contributed by atoms with Gasteiger partial charge in [-0.2, -0.15) is 23.4 Å². The van der Waals surface area contributed by atoms with E-state index in [2.05, 4.69) is 37.4 Å². The molecule has 228 valence electrons. The summed E-state index contributed by atoms with van der Waals surface area (Å²) in [6.07, 6.45) is 9.81. The first kappa shape index (κ1) is 28.8. The Morgan fingerprint density at radius 1 is 1.07 bits per heavy atom. The summed E-state index contributed by atoms with van der Waals surface area (Å²) in [6.45, 7) is 3.70. The Bertz CT molecular complexity index is 1400. The highest BCUT2D eigenvalue weighted by Gasteiger charge is 2.51. The Hall–Kier alpha value is -3.35. The molecule has 2 aliphatic heterocycles. The van der Waals surface area contributed by atoms with Crippen molar-refractivity contribution in [2.45, 2.75) is 89.0 Å². The number of anilines is 2. The maximum Gasteiger partial charge on any atom is 0.408 e. The number of carbonyl (C=O) groups is 1. The van der Waals surface area contributed by atoms with Crippen LogP contribution in [0.4, 0.5) is 29.5 Å². The molecule has 0 aromatic carbocycles. The van der Waals surface area contributed by atoms with Gasteiger partial charge in [-0.1, -0.05) is 25.7 Å². The molecule has 2 N–H and O–H groups in total. The van der Waals surface area contributed by atoms with Gasteiger partial charge in [-0.25, -0.2) is 4.79 Å². The van der Waals surface area contributed by atoms with Gasteiger partial charge in [0, 0.05) is 44.0 Å². The van der Waals surface area contributed by atoms with E-state index in [0.29, 0.717) is 53.4 Å². The van der Waals surface area contributed by atoms with Crippen molar-refractivity contribution in [3.05, 3.63) is 18.5 Å². The third kappa shape index (κ3) is 5.93. The van der Waals surface area contributed by atoms with Gasteiger partial charge in [0.25, 0.3) is 0 Å². The van der Waals surface area contributed by atoms with Gasteiger partial charge >= 0.3 is 12.2 Å². The number of nitrogens with zero attached hydrogens (tertiary/aromatic N) is 7. The second-order valence-electron chi connectivity index (χ2n) is 12.3. The zero-order valence-electron chi connectivity index (χ0n) is 24.4. The van der Waals surface area contributed by atoms with Gasteiger partial charge in [0.1, 0.15) is 12.2 Å². The summed E-state index contributed by atoms with van der Waals surface area (Å²) in [5.74, 6) is 0.501. The van der Waals surface area contributed by atoms with Crippen LogP contribution < -0.4 is 10.2 Å². The Labute approximate surface area is 243 Å². The Morgan fingerprint density at radius 2 is 1.83 bits per heavy atom. The number of halogens is 3. The standard InChI is InChI=1S/C25H32F3N9O.C4H8/c1-16-14-35(10-9-34(16)2)22-17-12-29-18(11-20(17)37(33-22)15-25(26,27)28)21-19(13-30-32-21)31-23(38)36-8-4-3-5-24(36)6-7-24;1-2-4-3-1/h11-13,16H,3-10,14-15H2,1-2H3,(H,30,32)(H,31,38);1-4H2. The number of urea groups is 1. The van der Waals surface area contributed by atoms with Gasteiger partial charge < -0.3 is 20.0 Å². The molecule has 2 aliphatic carbocycles. The molecule has 2 amide bonds. The number of H-pyrrole nitrogens is 1. The Morgan fingerprint density at radius 3 is 2.50 bits per heavy atom. The number of amides is 2. The normalized spacial score (nSPS) is 22.1. The zero-order chi connectivity index (χ0) is 29.5. The van der Waals surface area contributed by atoms with Crippen molar-refractivity contribution in [2.75, 3.05) is 43.4 Å². The number of hydrogen-bond acceptors (Lipinski definition) is 6. The van der Waals surface area contributed by atoms with Crippen molar-refractivity contribution >= 4 is 28.4 Å². The van der Waals surface area contributed by atoms with Crippen LogP contribution in [0.1, 0.15) is 64.7 Å². The van der Waals surface area contributed by atoms with E-state index in [1.165, 1.54) is 31.9 Å². The number of fused-ring (bicyclic) bond motifs is 1. The van der Waals surface area contributed by atoms with Crippen LogP contribution in [-0.2, 0) is 6.54 Å². The number of rotatable bonds is 4. The Kier molecular flexibility index (Phi) is 7.79. The fourth-order valence-corrected chi connectivity index (χ4v) is 6.04. The number of hydrogen-bond donors (Lipinski definition) is 2. The van der Waals surface area contributed by atoms with E-state index in [-0.39, 0.29) is 17.6 Å². The quantitative estimate of drug-likeness (QED) is 0.410. The molecule has 0 bridgehead atoms. The first-order chi connectivity index (χ1) is 20.1. The van der Waals surface area contributed by atoms with Crippen molar-refractivity contribution < 1.29 is 18.0 Å². The number of piperidine rings is 1. The average molecular weight is 588 g/mol. The van der Waals surface area contributed by atoms with Gasteiger partial charge in [-0.3, -0.25) is 14.8 Å². The highest BCUT2D eigenvalue weighted by molar-refractivity contribution is 5.96. The van der Waals surface area contributed by atoms with E-state index in [9.17, 15) is 18.0 Å². The monoisotopic (exact) mass is 587 g/mol. The zero-order valence-corrected chi connectivity index (χ0v) is 24.4. The third-order valence-corrected chi connectivity index (χ3v) is 9.26. The molecule has 4 aliphatic rings. The largest absolute Gasteiger partial charge is 0.408 e. The molecule has 2 saturated heterocycles. The van der Waals surface area contributed by atoms with Crippen LogP contribution in [0.5, 0.6) is 0 Å². The second-order valence-corrected chi connectivity index (χ2v) is 12.3. The molecule has 5 heterocycles. The lowest BCUT2D eigenvalue weighted by Gasteiger charge is -2.37. The molecule has 1 unspecified atom stereocenters. The molecule has 0 radical (unpaired) electrons. The number of nitrogens with one attached hydrogen (secondary N) is 2. The molecular weight excluding hydrogens is 547 g/mol. The number of carbonyl (C=O) groups excluding carboxylic acids is 1. The molecule has 3 aromatic heterocycles. The molecular formula is C29H40F3N9O. The molecule has 2 saturated carbocycles. The van der Waals surface area contributed by atoms with E-state index in [1.54, 1.807) is 12.3 Å². The number of likely N-dealkylation sites (N-methyl/N-ethyl adjacent to an activating group) is 1. The van der Waals surface area contributed by atoms with Crippen LogP contribution in [0.2, 0.25) is 0 Å². The number of piperazine rings is 1. The van der Waals surface area contributed by atoms with E-state index in [4.69, 9.17) is 0 Å². The average Bonchev–Trinajstić information content (AvgIpc) is 3.35. The minimum Gasteiger partial charge on any atom is -0.352 e. The molecule has 1 spiro atoms. The van der Waals surface area contributed by atoms with Crippen molar-refractivity contribution in [3.8, 4) is 11.4 Å². The van der Waals surface area contributed by atoms with Crippen LogP contribution >= 0.6 is 0 Å². The summed E-state index contributed by atoms with van der Waals surface area (Å²) >= 11 is 0. The minimum atomic E-state index is -4.44. The lowest BCUT2D eigenvalue weighted by Crippen LogP contribution is -2.50. The maximum atomic E-state index is 13.5. The predicted octanol–water partition coefficient (Wildman–Crippen LogP) is 5.63.